The van der Waals surface area contributed by atoms with Crippen molar-refractivity contribution in [2.45, 2.75) is 32.2 Å². The van der Waals surface area contributed by atoms with Gasteiger partial charge in [-0.25, -0.2) is 8.42 Å². The summed E-state index contributed by atoms with van der Waals surface area (Å²) >= 11 is 3.22. The monoisotopic (exact) mass is 379 g/mol. The molecule has 118 valence electrons. The summed E-state index contributed by atoms with van der Waals surface area (Å²) in [7, 11) is -2.26. The van der Waals surface area contributed by atoms with Crippen molar-refractivity contribution >= 4 is 37.5 Å². The number of ketones is 1. The van der Waals surface area contributed by atoms with Gasteiger partial charge in [0.05, 0.1) is 11.4 Å². The van der Waals surface area contributed by atoms with Gasteiger partial charge in [0.1, 0.15) is 0 Å². The molecule has 8 heteroatoms. The molecule has 0 saturated carbocycles. The Bertz CT molecular complexity index is 631. The first-order valence-electron chi connectivity index (χ1n) is 6.46. The number of β-lactam (4-membered cyclic amide) rings is 1. The molecule has 0 radical (unpaired) electrons. The van der Waals surface area contributed by atoms with E-state index in [0.717, 1.165) is 4.90 Å². The number of hydrogen-bond acceptors (Lipinski definition) is 5. The third-order valence-electron chi connectivity index (χ3n) is 3.62. The molecule has 0 N–H and O–H groups in total. The SMILES string of the molecule is COC1C(=O)N2C(C(=O)C(C)(C)C)=C(CBr)CS(=O)(=O)[C@@H]12. The number of carbonyl (C=O) groups is 2. The Morgan fingerprint density at radius 2 is 2.00 bits per heavy atom. The zero-order valence-electron chi connectivity index (χ0n) is 12.3. The van der Waals surface area contributed by atoms with E-state index in [1.807, 2.05) is 0 Å². The number of hydrogen-bond donors (Lipinski definition) is 0. The predicted molar refractivity (Wildman–Crippen MR) is 80.5 cm³/mol. The molecule has 0 spiro atoms. The van der Waals surface area contributed by atoms with Gasteiger partial charge in [-0.2, -0.15) is 0 Å². The first-order valence-corrected chi connectivity index (χ1v) is 9.30. The van der Waals surface area contributed by atoms with Crippen molar-refractivity contribution in [1.82, 2.24) is 4.90 Å². The lowest BCUT2D eigenvalue weighted by atomic mass is 9.86. The number of nitrogens with zero attached hydrogens (tertiary/aromatic N) is 1. The van der Waals surface area contributed by atoms with Crippen molar-refractivity contribution in [2.75, 3.05) is 18.2 Å². The van der Waals surface area contributed by atoms with E-state index in [1.165, 1.54) is 7.11 Å². The molecule has 2 aliphatic heterocycles. The van der Waals surface area contributed by atoms with Crippen molar-refractivity contribution in [3.63, 3.8) is 0 Å². The van der Waals surface area contributed by atoms with Gasteiger partial charge in [-0.3, -0.25) is 14.5 Å². The lowest BCUT2D eigenvalue weighted by Gasteiger charge is -2.49. The summed E-state index contributed by atoms with van der Waals surface area (Å²) in [4.78, 5) is 25.9. The van der Waals surface area contributed by atoms with E-state index in [9.17, 15) is 18.0 Å². The Morgan fingerprint density at radius 3 is 2.43 bits per heavy atom. The molecule has 0 aromatic heterocycles. The highest BCUT2D eigenvalue weighted by atomic mass is 79.9. The Labute approximate surface area is 132 Å². The smallest absolute Gasteiger partial charge is 0.260 e. The molecular weight excluding hydrogens is 362 g/mol. The van der Waals surface area contributed by atoms with Gasteiger partial charge in [0, 0.05) is 17.9 Å². The van der Waals surface area contributed by atoms with Gasteiger partial charge in [0.15, 0.2) is 27.1 Å². The van der Waals surface area contributed by atoms with Crippen molar-refractivity contribution in [3.05, 3.63) is 11.3 Å². The maximum Gasteiger partial charge on any atom is 0.260 e. The number of alkyl halides is 1. The summed E-state index contributed by atoms with van der Waals surface area (Å²) in [6, 6.07) is 0. The highest BCUT2D eigenvalue weighted by molar-refractivity contribution is 9.09. The fraction of sp³-hybridized carbons (Fsp3) is 0.692. The number of amides is 1. The van der Waals surface area contributed by atoms with Crippen LogP contribution in [0.15, 0.2) is 11.3 Å². The Balaban J connectivity index is 2.59. The topological polar surface area (TPSA) is 80.8 Å². The zero-order valence-corrected chi connectivity index (χ0v) is 14.7. The van der Waals surface area contributed by atoms with Crippen molar-refractivity contribution in [1.29, 1.82) is 0 Å². The minimum atomic E-state index is -3.55. The molecule has 1 unspecified atom stereocenters. The molecule has 2 heterocycles. The molecule has 1 fully saturated rings. The minimum absolute atomic E-state index is 0.206. The first kappa shape index (κ1) is 16.6. The van der Waals surface area contributed by atoms with E-state index in [2.05, 4.69) is 15.9 Å². The number of allylic oxidation sites excluding steroid dienone is 1. The van der Waals surface area contributed by atoms with Crippen LogP contribution in [0.25, 0.3) is 0 Å². The Morgan fingerprint density at radius 1 is 1.43 bits per heavy atom. The van der Waals surface area contributed by atoms with Crippen LogP contribution < -0.4 is 0 Å². The number of fused-ring (bicyclic) bond motifs is 1. The van der Waals surface area contributed by atoms with Crippen LogP contribution in [-0.2, 0) is 24.2 Å². The van der Waals surface area contributed by atoms with Gasteiger partial charge in [-0.05, 0) is 5.57 Å². The normalized spacial score (nSPS) is 28.2. The van der Waals surface area contributed by atoms with E-state index in [-0.39, 0.29) is 22.6 Å². The van der Waals surface area contributed by atoms with E-state index in [0.29, 0.717) is 5.57 Å². The third-order valence-corrected chi connectivity index (χ3v) is 6.25. The third kappa shape index (κ3) is 2.47. The largest absolute Gasteiger partial charge is 0.368 e. The van der Waals surface area contributed by atoms with Gasteiger partial charge in [-0.1, -0.05) is 36.7 Å². The average molecular weight is 380 g/mol. The van der Waals surface area contributed by atoms with Crippen LogP contribution in [0.5, 0.6) is 0 Å². The molecule has 1 saturated heterocycles. The maximum atomic E-state index is 12.6. The summed E-state index contributed by atoms with van der Waals surface area (Å²) in [5.41, 5.74) is -0.0705. The molecule has 0 aromatic carbocycles. The second-order valence-corrected chi connectivity index (χ2v) is 8.89. The number of ether oxygens (including phenoxy) is 1. The number of rotatable bonds is 3. The number of Topliss-reactive ketones (excluding diaryl/α,β-unsaturated/α-hetero) is 1. The first-order chi connectivity index (χ1) is 9.56. The van der Waals surface area contributed by atoms with Gasteiger partial charge in [0.2, 0.25) is 0 Å². The van der Waals surface area contributed by atoms with E-state index < -0.39 is 32.6 Å². The maximum absolute atomic E-state index is 12.6. The molecule has 0 aromatic rings. The van der Waals surface area contributed by atoms with Gasteiger partial charge in [0.25, 0.3) is 5.91 Å². The summed E-state index contributed by atoms with van der Waals surface area (Å²) in [5.74, 6) is -0.944. The zero-order chi connectivity index (χ0) is 16.2. The molecule has 21 heavy (non-hydrogen) atoms. The van der Waals surface area contributed by atoms with Gasteiger partial charge >= 0.3 is 0 Å². The highest BCUT2D eigenvalue weighted by Crippen LogP contribution is 2.40. The highest BCUT2D eigenvalue weighted by Gasteiger charge is 2.60. The number of methoxy groups -OCH3 is 1. The minimum Gasteiger partial charge on any atom is -0.368 e. The molecule has 0 bridgehead atoms. The lowest BCUT2D eigenvalue weighted by molar-refractivity contribution is -0.161. The summed E-state index contributed by atoms with van der Waals surface area (Å²) in [6.45, 7) is 5.22. The van der Waals surface area contributed by atoms with E-state index in [1.54, 1.807) is 20.8 Å². The Hall–Kier alpha value is -0.730. The Kier molecular flexibility index (Phi) is 4.10. The van der Waals surface area contributed by atoms with Crippen LogP contribution in [-0.4, -0.2) is 54.7 Å². The van der Waals surface area contributed by atoms with Crippen molar-refractivity contribution < 1.29 is 22.7 Å². The standard InChI is InChI=1S/C13H18BrNO5S/c1-13(2,3)10(16)8-7(5-14)6-21(18,19)12-9(20-4)11(17)15(8)12/h9,12H,5-6H2,1-4H3/t9?,12-/m0/s1. The summed E-state index contributed by atoms with van der Waals surface area (Å²) in [6.07, 6.45) is -1.02. The van der Waals surface area contributed by atoms with Crippen LogP contribution in [0.1, 0.15) is 20.8 Å². The number of halogens is 1. The van der Waals surface area contributed by atoms with Crippen molar-refractivity contribution in [3.8, 4) is 0 Å². The van der Waals surface area contributed by atoms with Crippen LogP contribution in [0.2, 0.25) is 0 Å². The van der Waals surface area contributed by atoms with Gasteiger partial charge < -0.3 is 4.74 Å². The fourth-order valence-corrected chi connectivity index (χ4v) is 5.29. The molecule has 2 atom stereocenters. The van der Waals surface area contributed by atoms with E-state index >= 15 is 0 Å². The fourth-order valence-electron chi connectivity index (χ4n) is 2.54. The average Bonchev–Trinajstić information content (AvgIpc) is 2.36. The van der Waals surface area contributed by atoms with Crippen LogP contribution in [0, 0.1) is 5.41 Å². The molecule has 6 nitrogen and oxygen atoms in total. The molecule has 0 aliphatic carbocycles. The predicted octanol–water partition coefficient (Wildman–Crippen LogP) is 0.862. The second kappa shape index (κ2) is 5.17. The molecule has 1 amide bonds. The van der Waals surface area contributed by atoms with Gasteiger partial charge in [-0.15, -0.1) is 0 Å². The van der Waals surface area contributed by atoms with Crippen LogP contribution >= 0.6 is 15.9 Å². The summed E-state index contributed by atoms with van der Waals surface area (Å²) in [5, 5.41) is -0.851. The van der Waals surface area contributed by atoms with Crippen LogP contribution in [0.3, 0.4) is 0 Å². The lowest BCUT2D eigenvalue weighted by Crippen LogP contribution is -2.71. The van der Waals surface area contributed by atoms with Crippen molar-refractivity contribution in [2.24, 2.45) is 5.41 Å². The summed E-state index contributed by atoms with van der Waals surface area (Å²) < 4.78 is 29.6. The molecule has 2 aliphatic rings. The molecular formula is C13H18BrNO5S. The number of carbonyl (C=O) groups excluding carboxylic acids is 2. The second-order valence-electron chi connectivity index (χ2n) is 6.23. The van der Waals surface area contributed by atoms with Crippen LogP contribution in [0.4, 0.5) is 0 Å². The van der Waals surface area contributed by atoms with E-state index in [4.69, 9.17) is 4.74 Å². The quantitative estimate of drug-likeness (QED) is 0.536. The molecule has 2 rings (SSSR count). The number of sulfone groups is 1.